The van der Waals surface area contributed by atoms with Crippen LogP contribution in [-0.4, -0.2) is 92.5 Å². The first-order valence-corrected chi connectivity index (χ1v) is 18.4. The van der Waals surface area contributed by atoms with Crippen molar-refractivity contribution in [2.45, 2.75) is 88.7 Å². The molecule has 3 aliphatic rings. The number of aliphatic imine (C=N–C) groups is 1. The molecule has 18 heteroatoms. The molecule has 2 saturated heterocycles. The molecule has 2 aromatic carbocycles. The van der Waals surface area contributed by atoms with Crippen molar-refractivity contribution in [3.05, 3.63) is 69.1 Å². The number of rotatable bonds is 10. The standard InChI is InChI=1S/C36H40F8N4O5S/c1-22-19-25(30(49)47-13-9-32(3,51)10-14-47)20-23(2)26(22)7-18-54(52)48-15-11-33(12-16-48)31(50)45-29(46-33)24-5-6-28(27(21-24)35(39,40)41)53-17-4-8-34(37,38)36(42,43)44/h5-7,18-21,51H,4,8-17H2,1-3H3,(H,45,46,50)/b18-7+. The summed E-state index contributed by atoms with van der Waals surface area (Å²) in [5.41, 5.74) is -0.653. The summed E-state index contributed by atoms with van der Waals surface area (Å²) >= 11 is -1.61. The highest BCUT2D eigenvalue weighted by Gasteiger charge is 2.56. The molecule has 2 aromatic rings. The molecular weight excluding hydrogens is 752 g/mol. The first-order valence-electron chi connectivity index (χ1n) is 17.2. The van der Waals surface area contributed by atoms with Gasteiger partial charge in [-0.1, -0.05) is 0 Å². The number of nitrogens with zero attached hydrogens (tertiary/aromatic N) is 3. The first-order chi connectivity index (χ1) is 25.0. The summed E-state index contributed by atoms with van der Waals surface area (Å²) in [5, 5.41) is 14.2. The number of nitrogens with one attached hydrogen (secondary N) is 1. The number of benzene rings is 2. The molecular formula is C36H40F8N4O5S. The lowest BCUT2D eigenvalue weighted by Gasteiger charge is -2.36. The second kappa shape index (κ2) is 15.4. The number of amidine groups is 1. The van der Waals surface area contributed by atoms with E-state index in [0.29, 0.717) is 37.6 Å². The molecule has 3 heterocycles. The summed E-state index contributed by atoms with van der Waals surface area (Å²) < 4.78 is 125. The van der Waals surface area contributed by atoms with Crippen molar-refractivity contribution in [2.75, 3.05) is 32.8 Å². The molecule has 0 aliphatic carbocycles. The smallest absolute Gasteiger partial charge is 0.453 e. The van der Waals surface area contributed by atoms with E-state index in [9.17, 15) is 54.4 Å². The van der Waals surface area contributed by atoms with E-state index >= 15 is 0 Å². The maximum atomic E-state index is 13.9. The summed E-state index contributed by atoms with van der Waals surface area (Å²) in [6.45, 7) is 5.85. The fraction of sp³-hybridized carbons (Fsp3) is 0.528. The van der Waals surface area contributed by atoms with Crippen molar-refractivity contribution in [1.29, 1.82) is 0 Å². The maximum Gasteiger partial charge on any atom is 0.453 e. The fourth-order valence-electron chi connectivity index (χ4n) is 6.62. The van der Waals surface area contributed by atoms with Crippen LogP contribution in [0.5, 0.6) is 5.75 Å². The quantitative estimate of drug-likeness (QED) is 0.157. The lowest BCUT2D eigenvalue weighted by Crippen LogP contribution is -2.50. The number of aryl methyl sites for hydroxylation is 2. The van der Waals surface area contributed by atoms with Crippen molar-refractivity contribution in [3.63, 3.8) is 0 Å². The second-order valence-corrected chi connectivity index (χ2v) is 15.5. The number of carbonyl (C=O) groups excluding carboxylic acids is 2. The minimum absolute atomic E-state index is 0.110. The molecule has 1 spiro atoms. The number of likely N-dealkylation sites (tertiary alicyclic amines) is 1. The van der Waals surface area contributed by atoms with Gasteiger partial charge in [0, 0.05) is 43.7 Å². The predicted molar refractivity (Wildman–Crippen MR) is 184 cm³/mol. The van der Waals surface area contributed by atoms with E-state index in [1.54, 1.807) is 34.3 Å². The van der Waals surface area contributed by atoms with Crippen LogP contribution in [0.1, 0.15) is 83.6 Å². The second-order valence-electron chi connectivity index (χ2n) is 14.1. The molecule has 0 bridgehead atoms. The molecule has 2 amide bonds. The van der Waals surface area contributed by atoms with Crippen LogP contribution in [0, 0.1) is 13.8 Å². The third kappa shape index (κ3) is 9.20. The molecule has 54 heavy (non-hydrogen) atoms. The van der Waals surface area contributed by atoms with Crippen molar-refractivity contribution >= 4 is 35.1 Å². The van der Waals surface area contributed by atoms with Gasteiger partial charge in [0.25, 0.3) is 11.8 Å². The number of carbonyl (C=O) groups is 2. The zero-order chi connectivity index (χ0) is 39.9. The summed E-state index contributed by atoms with van der Waals surface area (Å²) in [6, 6.07) is 6.24. The van der Waals surface area contributed by atoms with E-state index < -0.39 is 77.4 Å². The highest BCUT2D eigenvalue weighted by Crippen LogP contribution is 2.41. The van der Waals surface area contributed by atoms with Gasteiger partial charge < -0.3 is 24.6 Å². The van der Waals surface area contributed by atoms with Gasteiger partial charge in [0.2, 0.25) is 0 Å². The number of ether oxygens (including phenoxy) is 1. The van der Waals surface area contributed by atoms with E-state index in [2.05, 4.69) is 10.3 Å². The van der Waals surface area contributed by atoms with Gasteiger partial charge in [0.05, 0.1) is 29.1 Å². The average Bonchev–Trinajstić information content (AvgIpc) is 3.39. The summed E-state index contributed by atoms with van der Waals surface area (Å²) in [5.74, 6) is -6.61. The number of halogens is 8. The van der Waals surface area contributed by atoms with E-state index in [0.717, 1.165) is 28.8 Å². The van der Waals surface area contributed by atoms with E-state index in [1.807, 2.05) is 13.8 Å². The molecule has 1 atom stereocenters. The molecule has 2 fully saturated rings. The lowest BCUT2D eigenvalue weighted by molar-refractivity contribution is -0.284. The van der Waals surface area contributed by atoms with Gasteiger partial charge in [-0.25, -0.2) is 0 Å². The van der Waals surface area contributed by atoms with Gasteiger partial charge in [0.15, 0.2) is 0 Å². The topological polar surface area (TPSA) is 118 Å². The SMILES string of the molecule is Cc1cc(C(=O)N2CCC(C)(O)CC2)cc(C)c1/C=C/[S+]([O-])N1CCC2(CC1)N=C(c1ccc(OCCCC(F)(F)C(F)(F)F)c(C(F)(F)F)c1)NC2=O. The summed E-state index contributed by atoms with van der Waals surface area (Å²) in [6.07, 6.45) is -10.4. The molecule has 0 aromatic heterocycles. The number of amides is 2. The Morgan fingerprint density at radius 3 is 2.19 bits per heavy atom. The number of piperidine rings is 2. The van der Waals surface area contributed by atoms with Crippen LogP contribution in [0.2, 0.25) is 0 Å². The Bertz CT molecular complexity index is 1770. The average molecular weight is 793 g/mol. The van der Waals surface area contributed by atoms with Gasteiger partial charge in [-0.15, -0.1) is 4.31 Å². The minimum atomic E-state index is -5.80. The molecule has 0 radical (unpaired) electrons. The van der Waals surface area contributed by atoms with Crippen molar-refractivity contribution in [1.82, 2.24) is 14.5 Å². The third-order valence-electron chi connectivity index (χ3n) is 9.97. The van der Waals surface area contributed by atoms with E-state index in [4.69, 9.17) is 4.74 Å². The number of aliphatic hydroxyl groups is 1. The highest BCUT2D eigenvalue weighted by molar-refractivity contribution is 7.92. The van der Waals surface area contributed by atoms with E-state index in [1.165, 1.54) is 5.41 Å². The summed E-state index contributed by atoms with van der Waals surface area (Å²) in [4.78, 5) is 32.4. The zero-order valence-electron chi connectivity index (χ0n) is 29.7. The van der Waals surface area contributed by atoms with E-state index in [-0.39, 0.29) is 43.2 Å². The van der Waals surface area contributed by atoms with Crippen molar-refractivity contribution < 1.29 is 59.1 Å². The van der Waals surface area contributed by atoms with Crippen LogP contribution in [0.25, 0.3) is 6.08 Å². The van der Waals surface area contributed by atoms with Crippen LogP contribution in [0.15, 0.2) is 40.7 Å². The van der Waals surface area contributed by atoms with Crippen LogP contribution >= 0.6 is 0 Å². The molecule has 296 valence electrons. The molecule has 1 unspecified atom stereocenters. The molecule has 3 aliphatic heterocycles. The van der Waals surface area contributed by atoms with Gasteiger partial charge in [-0.3, -0.25) is 14.6 Å². The number of hydrogen-bond acceptors (Lipinski definition) is 7. The Morgan fingerprint density at radius 1 is 1.00 bits per heavy atom. The normalized spacial score (nSPS) is 20.0. The Kier molecular flexibility index (Phi) is 11.8. The number of hydrogen-bond donors (Lipinski definition) is 2. The van der Waals surface area contributed by atoms with Crippen LogP contribution in [0.3, 0.4) is 0 Å². The van der Waals surface area contributed by atoms with Gasteiger partial charge in [-0.2, -0.15) is 35.1 Å². The minimum Gasteiger partial charge on any atom is -0.593 e. The molecule has 0 saturated carbocycles. The molecule has 9 nitrogen and oxygen atoms in total. The first kappa shape index (κ1) is 41.4. The van der Waals surface area contributed by atoms with Gasteiger partial charge in [-0.05, 0) is 106 Å². The van der Waals surface area contributed by atoms with Crippen molar-refractivity contribution in [3.8, 4) is 5.75 Å². The molecule has 2 N–H and O–H groups in total. The fourth-order valence-corrected chi connectivity index (χ4v) is 7.59. The zero-order valence-corrected chi connectivity index (χ0v) is 30.5. The Morgan fingerprint density at radius 2 is 1.61 bits per heavy atom. The predicted octanol–water partition coefficient (Wildman–Crippen LogP) is 6.71. The highest BCUT2D eigenvalue weighted by atomic mass is 32.2. The maximum absolute atomic E-state index is 13.9. The Hall–Kier alpha value is -3.74. The third-order valence-corrected chi connectivity index (χ3v) is 11.2. The van der Waals surface area contributed by atoms with Gasteiger partial charge in [0.1, 0.15) is 22.5 Å². The monoisotopic (exact) mass is 792 g/mol. The Balaban J connectivity index is 1.21. The lowest BCUT2D eigenvalue weighted by atomic mass is 9.89. The molecule has 5 rings (SSSR count). The summed E-state index contributed by atoms with van der Waals surface area (Å²) in [7, 11) is 0. The van der Waals surface area contributed by atoms with Crippen molar-refractivity contribution in [2.24, 2.45) is 4.99 Å². The van der Waals surface area contributed by atoms with Crippen LogP contribution in [0.4, 0.5) is 35.1 Å². The largest absolute Gasteiger partial charge is 0.593 e. The number of alkyl halides is 8. The Labute approximate surface area is 309 Å². The van der Waals surface area contributed by atoms with Gasteiger partial charge >= 0.3 is 18.3 Å². The van der Waals surface area contributed by atoms with Crippen LogP contribution < -0.4 is 10.1 Å². The van der Waals surface area contributed by atoms with Crippen LogP contribution in [-0.2, 0) is 22.3 Å².